The van der Waals surface area contributed by atoms with E-state index in [2.05, 4.69) is 30.3 Å². The maximum atomic E-state index is 10.5. The van der Waals surface area contributed by atoms with E-state index in [-0.39, 0.29) is 27.1 Å². The molecule has 1 rings (SSSR count). The first kappa shape index (κ1) is 12.6. The molecule has 3 heteroatoms. The first-order valence-corrected chi connectivity index (χ1v) is 8.66. The predicted molar refractivity (Wildman–Crippen MR) is 62.5 cm³/mol. The minimum absolute atomic E-state index is 0.168. The van der Waals surface area contributed by atoms with Crippen LogP contribution >= 0.6 is 0 Å². The summed E-state index contributed by atoms with van der Waals surface area (Å²) in [5, 5.41) is 0. The van der Waals surface area contributed by atoms with E-state index in [4.69, 9.17) is 4.74 Å². The number of unbranched alkanes of at least 4 members (excludes halogenated alkanes) is 1. The molecule has 1 aromatic carbocycles. The summed E-state index contributed by atoms with van der Waals surface area (Å²) < 4.78 is 7.75. The second kappa shape index (κ2) is 7.74. The Morgan fingerprint density at radius 1 is 1.27 bits per heavy atom. The van der Waals surface area contributed by atoms with Gasteiger partial charge in [-0.3, -0.25) is 0 Å². The molecular weight excluding hydrogens is 295 g/mol. The molecule has 0 N–H and O–H groups in total. The molecular formula is C12H16O2Sn. The molecule has 80 valence electrons. The Labute approximate surface area is 101 Å². The van der Waals surface area contributed by atoms with Crippen LogP contribution in [0.5, 0.6) is 0 Å². The second-order valence-corrected chi connectivity index (χ2v) is 7.42. The molecule has 0 unspecified atom stereocenters. The van der Waals surface area contributed by atoms with Gasteiger partial charge >= 0.3 is 101 Å². The van der Waals surface area contributed by atoms with Crippen LogP contribution in [0.1, 0.15) is 19.8 Å². The van der Waals surface area contributed by atoms with E-state index in [0.29, 0.717) is 6.61 Å². The Bertz CT molecular complexity index is 285. The minimum atomic E-state index is -0.371. The van der Waals surface area contributed by atoms with Crippen molar-refractivity contribution in [2.24, 2.45) is 0 Å². The van der Waals surface area contributed by atoms with Gasteiger partial charge in [0.25, 0.3) is 0 Å². The van der Waals surface area contributed by atoms with E-state index < -0.39 is 0 Å². The molecule has 0 aliphatic rings. The van der Waals surface area contributed by atoms with Crippen molar-refractivity contribution in [2.75, 3.05) is 6.61 Å². The molecule has 0 bridgehead atoms. The summed E-state index contributed by atoms with van der Waals surface area (Å²) in [7, 11) is 0. The molecule has 2 radical (unpaired) electrons. The van der Waals surface area contributed by atoms with Crippen LogP contribution in [0.15, 0.2) is 30.3 Å². The standard InChI is InChI=1S/C6H11O2.C6H5.Sn/c1-3-4-5-8-6(2)7;1-2-4-6-5-3-1;/h1,3-5H2,2H3;1-5H;. The van der Waals surface area contributed by atoms with Crippen LogP contribution in [0, 0.1) is 0 Å². The third kappa shape index (κ3) is 6.55. The second-order valence-electron chi connectivity index (χ2n) is 3.34. The molecule has 1 aromatic rings. The van der Waals surface area contributed by atoms with Crippen LogP contribution in [0.4, 0.5) is 0 Å². The summed E-state index contributed by atoms with van der Waals surface area (Å²) in [6.45, 7) is 2.05. The molecule has 2 nitrogen and oxygen atoms in total. The summed E-state index contributed by atoms with van der Waals surface area (Å²) in [6, 6.07) is 10.7. The third-order valence-corrected chi connectivity index (χ3v) is 5.82. The van der Waals surface area contributed by atoms with Gasteiger partial charge in [-0.05, 0) is 0 Å². The van der Waals surface area contributed by atoms with Gasteiger partial charge in [-0.2, -0.15) is 0 Å². The Hall–Kier alpha value is -0.511. The van der Waals surface area contributed by atoms with Crippen molar-refractivity contribution >= 4 is 30.7 Å². The van der Waals surface area contributed by atoms with Gasteiger partial charge in [0.2, 0.25) is 0 Å². The van der Waals surface area contributed by atoms with Crippen molar-refractivity contribution in [3.05, 3.63) is 30.3 Å². The van der Waals surface area contributed by atoms with Crippen molar-refractivity contribution < 1.29 is 9.53 Å². The number of ether oxygens (including phenoxy) is 1. The van der Waals surface area contributed by atoms with Crippen LogP contribution in [0.2, 0.25) is 4.44 Å². The van der Waals surface area contributed by atoms with Gasteiger partial charge in [0.05, 0.1) is 0 Å². The van der Waals surface area contributed by atoms with Crippen LogP contribution in [-0.4, -0.2) is 33.7 Å². The quantitative estimate of drug-likeness (QED) is 0.455. The van der Waals surface area contributed by atoms with Crippen molar-refractivity contribution in [2.45, 2.75) is 24.2 Å². The Morgan fingerprint density at radius 3 is 2.67 bits per heavy atom. The summed E-state index contributed by atoms with van der Waals surface area (Å²) in [5.41, 5.74) is 0. The van der Waals surface area contributed by atoms with Crippen molar-refractivity contribution in [1.82, 2.24) is 0 Å². The molecule has 0 heterocycles. The molecule has 15 heavy (non-hydrogen) atoms. The zero-order valence-electron chi connectivity index (χ0n) is 9.03. The Kier molecular flexibility index (Phi) is 6.48. The molecule has 0 amide bonds. The zero-order valence-corrected chi connectivity index (χ0v) is 11.9. The molecule has 0 saturated heterocycles. The molecule has 0 aliphatic heterocycles. The van der Waals surface area contributed by atoms with Crippen LogP contribution in [0.3, 0.4) is 0 Å². The number of rotatable bonds is 6. The first-order chi connectivity index (χ1) is 7.29. The predicted octanol–water partition coefficient (Wildman–Crippen LogP) is 1.78. The maximum absolute atomic E-state index is 10.5. The fourth-order valence-corrected chi connectivity index (χ4v) is 4.50. The molecule has 0 aliphatic carbocycles. The van der Waals surface area contributed by atoms with Crippen molar-refractivity contribution in [1.29, 1.82) is 0 Å². The van der Waals surface area contributed by atoms with Gasteiger partial charge in [-0.25, -0.2) is 0 Å². The molecule has 0 aromatic heterocycles. The van der Waals surface area contributed by atoms with Crippen LogP contribution in [0.25, 0.3) is 0 Å². The van der Waals surface area contributed by atoms with Gasteiger partial charge in [0, 0.05) is 0 Å². The average molecular weight is 311 g/mol. The number of benzene rings is 1. The fourth-order valence-electron chi connectivity index (χ4n) is 1.23. The Balaban J connectivity index is 2.00. The zero-order chi connectivity index (χ0) is 10.9. The SMILES string of the molecule is CC(=O)OCCC[CH2][Sn][c]1ccccc1. The molecule has 0 saturated carbocycles. The molecule has 0 atom stereocenters. The first-order valence-electron chi connectivity index (χ1n) is 5.21. The average Bonchev–Trinajstić information content (AvgIpc) is 2.24. The van der Waals surface area contributed by atoms with E-state index in [9.17, 15) is 4.79 Å². The number of carbonyl (C=O) groups excluding carboxylic acids is 1. The summed E-state index contributed by atoms with van der Waals surface area (Å²) >= 11 is -0.371. The molecule has 0 fully saturated rings. The van der Waals surface area contributed by atoms with Crippen LogP contribution < -0.4 is 3.58 Å². The topological polar surface area (TPSA) is 26.3 Å². The normalized spacial score (nSPS) is 9.93. The monoisotopic (exact) mass is 312 g/mol. The summed E-state index contributed by atoms with van der Waals surface area (Å²) in [4.78, 5) is 10.5. The fraction of sp³-hybridized carbons (Fsp3) is 0.417. The number of esters is 1. The van der Waals surface area contributed by atoms with Crippen molar-refractivity contribution in [3.8, 4) is 0 Å². The van der Waals surface area contributed by atoms with Crippen molar-refractivity contribution in [3.63, 3.8) is 0 Å². The van der Waals surface area contributed by atoms with E-state index in [1.807, 2.05) is 0 Å². The van der Waals surface area contributed by atoms with E-state index in [1.54, 1.807) is 3.58 Å². The number of hydrogen-bond donors (Lipinski definition) is 0. The third-order valence-electron chi connectivity index (χ3n) is 1.98. The van der Waals surface area contributed by atoms with Gasteiger partial charge in [0.1, 0.15) is 0 Å². The van der Waals surface area contributed by atoms with E-state index in [0.717, 1.165) is 6.42 Å². The van der Waals surface area contributed by atoms with Crippen LogP contribution in [-0.2, 0) is 9.53 Å². The van der Waals surface area contributed by atoms with Gasteiger partial charge in [0.15, 0.2) is 0 Å². The van der Waals surface area contributed by atoms with Gasteiger partial charge < -0.3 is 0 Å². The van der Waals surface area contributed by atoms with Gasteiger partial charge in [-0.1, -0.05) is 0 Å². The summed E-state index contributed by atoms with van der Waals surface area (Å²) in [6.07, 6.45) is 2.20. The Morgan fingerprint density at radius 2 is 2.00 bits per heavy atom. The van der Waals surface area contributed by atoms with Gasteiger partial charge in [-0.15, -0.1) is 0 Å². The molecule has 0 spiro atoms. The van der Waals surface area contributed by atoms with E-state index >= 15 is 0 Å². The number of hydrogen-bond acceptors (Lipinski definition) is 2. The van der Waals surface area contributed by atoms with E-state index in [1.165, 1.54) is 17.8 Å². The summed E-state index contributed by atoms with van der Waals surface area (Å²) in [5.74, 6) is -0.168. The number of carbonyl (C=O) groups is 1.